The van der Waals surface area contributed by atoms with Crippen molar-refractivity contribution in [2.24, 2.45) is 0 Å². The van der Waals surface area contributed by atoms with Crippen molar-refractivity contribution in [3.05, 3.63) is 91.5 Å². The van der Waals surface area contributed by atoms with Crippen LogP contribution in [0, 0.1) is 0 Å². The summed E-state index contributed by atoms with van der Waals surface area (Å²) in [7, 11) is 0. The van der Waals surface area contributed by atoms with Gasteiger partial charge in [-0.15, -0.1) is 0 Å². The highest BCUT2D eigenvalue weighted by Gasteiger charge is 2.16. The largest absolute Gasteiger partial charge is 0.481 e. The van der Waals surface area contributed by atoms with E-state index >= 15 is 0 Å². The summed E-state index contributed by atoms with van der Waals surface area (Å²) in [5, 5.41) is 9.39. The van der Waals surface area contributed by atoms with E-state index in [2.05, 4.69) is 20.7 Å². The van der Waals surface area contributed by atoms with Gasteiger partial charge in [0.1, 0.15) is 18.4 Å². The molecule has 166 valence electrons. The molecule has 4 rings (SSSR count). The van der Waals surface area contributed by atoms with Gasteiger partial charge in [0.15, 0.2) is 6.10 Å². The fourth-order valence-corrected chi connectivity index (χ4v) is 3.17. The number of ether oxygens (including phenoxy) is 1. The van der Waals surface area contributed by atoms with Crippen molar-refractivity contribution >= 4 is 17.5 Å². The molecule has 0 aliphatic carbocycles. The number of rotatable bonds is 8. The van der Waals surface area contributed by atoms with Crippen LogP contribution in [0.2, 0.25) is 0 Å². The van der Waals surface area contributed by atoms with Gasteiger partial charge in [0.25, 0.3) is 5.91 Å². The number of aromatic nitrogens is 3. The average molecular weight is 441 g/mol. The molecule has 1 heterocycles. The number of nitrogens with one attached hydrogen (secondary N) is 2. The molecule has 0 fully saturated rings. The lowest BCUT2D eigenvalue weighted by Gasteiger charge is -2.15. The molecule has 2 N–H and O–H groups in total. The number of benzene rings is 3. The molecular formula is C25H23N5O3. The number of hydrogen-bond acceptors (Lipinski definition) is 5. The number of nitrogens with zero attached hydrogens (tertiary/aromatic N) is 3. The maximum absolute atomic E-state index is 12.3. The minimum absolute atomic E-state index is 0.162. The first-order chi connectivity index (χ1) is 16.1. The zero-order chi connectivity index (χ0) is 23.0. The van der Waals surface area contributed by atoms with Gasteiger partial charge >= 0.3 is 0 Å². The normalized spacial score (nSPS) is 11.4. The highest BCUT2D eigenvalue weighted by molar-refractivity contribution is 5.95. The van der Waals surface area contributed by atoms with Crippen molar-refractivity contribution in [1.82, 2.24) is 20.1 Å². The molecule has 3 aromatic carbocycles. The quantitative estimate of drug-likeness (QED) is 0.436. The summed E-state index contributed by atoms with van der Waals surface area (Å²) in [6.07, 6.45) is 2.29. The first-order valence-corrected chi connectivity index (χ1v) is 10.4. The fourth-order valence-electron chi connectivity index (χ4n) is 3.17. The molecule has 0 saturated carbocycles. The van der Waals surface area contributed by atoms with Gasteiger partial charge in [-0.25, -0.2) is 9.67 Å². The standard InChI is InChI=1S/C25H23N5O3/c1-18(33-23-13-7-20(8-14-23)19-5-3-2-4-6-19)25(32)27-15-24(31)29-21-9-11-22(12-10-21)30-17-26-16-28-30/h2-14,16-18H,15H2,1H3,(H,27,32)(H,29,31). The van der Waals surface area contributed by atoms with Crippen LogP contribution in [-0.2, 0) is 9.59 Å². The monoisotopic (exact) mass is 441 g/mol. The van der Waals surface area contributed by atoms with Crippen LogP contribution in [0.1, 0.15) is 6.92 Å². The Kier molecular flexibility index (Phi) is 6.75. The zero-order valence-electron chi connectivity index (χ0n) is 18.0. The molecular weight excluding hydrogens is 418 g/mol. The van der Waals surface area contributed by atoms with Crippen LogP contribution in [0.25, 0.3) is 16.8 Å². The topological polar surface area (TPSA) is 98.1 Å². The number of carbonyl (C=O) groups excluding carboxylic acids is 2. The van der Waals surface area contributed by atoms with E-state index in [0.29, 0.717) is 11.4 Å². The summed E-state index contributed by atoms with van der Waals surface area (Å²) in [4.78, 5) is 28.4. The molecule has 33 heavy (non-hydrogen) atoms. The smallest absolute Gasteiger partial charge is 0.261 e. The summed E-state index contributed by atoms with van der Waals surface area (Å²) in [5.74, 6) is -0.135. The Hall–Kier alpha value is -4.46. The molecule has 0 spiro atoms. The Morgan fingerprint density at radius 3 is 2.30 bits per heavy atom. The molecule has 8 nitrogen and oxygen atoms in total. The highest BCUT2D eigenvalue weighted by atomic mass is 16.5. The first-order valence-electron chi connectivity index (χ1n) is 10.4. The molecule has 0 aliphatic heterocycles. The minimum Gasteiger partial charge on any atom is -0.481 e. The fraction of sp³-hybridized carbons (Fsp3) is 0.120. The third-order valence-corrected chi connectivity index (χ3v) is 4.90. The lowest BCUT2D eigenvalue weighted by molar-refractivity contribution is -0.129. The van der Waals surface area contributed by atoms with Crippen molar-refractivity contribution in [3.63, 3.8) is 0 Å². The second-order valence-corrected chi connectivity index (χ2v) is 7.30. The second kappa shape index (κ2) is 10.2. The first kappa shape index (κ1) is 21.8. The van der Waals surface area contributed by atoms with E-state index in [-0.39, 0.29) is 18.4 Å². The molecule has 1 unspecified atom stereocenters. The summed E-state index contributed by atoms with van der Waals surface area (Å²) < 4.78 is 7.32. The van der Waals surface area contributed by atoms with Crippen molar-refractivity contribution in [2.75, 3.05) is 11.9 Å². The van der Waals surface area contributed by atoms with E-state index in [4.69, 9.17) is 4.74 Å². The summed E-state index contributed by atoms with van der Waals surface area (Å²) in [6.45, 7) is 1.48. The van der Waals surface area contributed by atoms with E-state index in [0.717, 1.165) is 16.8 Å². The molecule has 8 heteroatoms. The van der Waals surface area contributed by atoms with Crippen LogP contribution >= 0.6 is 0 Å². The van der Waals surface area contributed by atoms with Gasteiger partial charge < -0.3 is 15.4 Å². The Bertz CT molecular complexity index is 1190. The lowest BCUT2D eigenvalue weighted by atomic mass is 10.1. The minimum atomic E-state index is -0.748. The predicted molar refractivity (Wildman–Crippen MR) is 125 cm³/mol. The van der Waals surface area contributed by atoms with Crippen LogP contribution in [0.5, 0.6) is 5.75 Å². The SMILES string of the molecule is CC(Oc1ccc(-c2ccccc2)cc1)C(=O)NCC(=O)Nc1ccc(-n2cncn2)cc1. The number of amides is 2. The van der Waals surface area contributed by atoms with Crippen LogP contribution < -0.4 is 15.4 Å². The van der Waals surface area contributed by atoms with Crippen LogP contribution in [0.4, 0.5) is 5.69 Å². The van der Waals surface area contributed by atoms with E-state index < -0.39 is 6.10 Å². The third-order valence-electron chi connectivity index (χ3n) is 4.90. The van der Waals surface area contributed by atoms with Gasteiger partial charge in [-0.05, 0) is 54.4 Å². The molecule has 1 atom stereocenters. The zero-order valence-corrected chi connectivity index (χ0v) is 18.0. The van der Waals surface area contributed by atoms with Gasteiger partial charge in [0.05, 0.1) is 12.2 Å². The van der Waals surface area contributed by atoms with Crippen molar-refractivity contribution in [1.29, 1.82) is 0 Å². The Morgan fingerprint density at radius 1 is 0.939 bits per heavy atom. The maximum Gasteiger partial charge on any atom is 0.261 e. The Labute approximate surface area is 191 Å². The molecule has 0 radical (unpaired) electrons. The van der Waals surface area contributed by atoms with Gasteiger partial charge in [0.2, 0.25) is 5.91 Å². The van der Waals surface area contributed by atoms with Crippen LogP contribution in [-0.4, -0.2) is 39.2 Å². The van der Waals surface area contributed by atoms with Crippen LogP contribution in [0.15, 0.2) is 91.5 Å². The number of hydrogen-bond donors (Lipinski definition) is 2. The average Bonchev–Trinajstić information content (AvgIpc) is 3.39. The van der Waals surface area contributed by atoms with Gasteiger partial charge in [0, 0.05) is 5.69 Å². The van der Waals surface area contributed by atoms with Crippen molar-refractivity contribution in [2.45, 2.75) is 13.0 Å². The maximum atomic E-state index is 12.3. The van der Waals surface area contributed by atoms with Crippen LogP contribution in [0.3, 0.4) is 0 Å². The Balaban J connectivity index is 1.24. The molecule has 1 aromatic heterocycles. The summed E-state index contributed by atoms with van der Waals surface area (Å²) >= 11 is 0. The van der Waals surface area contributed by atoms with Gasteiger partial charge in [-0.1, -0.05) is 42.5 Å². The second-order valence-electron chi connectivity index (χ2n) is 7.30. The molecule has 2 amide bonds. The van der Waals surface area contributed by atoms with E-state index in [1.54, 1.807) is 30.1 Å². The van der Waals surface area contributed by atoms with Crippen molar-refractivity contribution < 1.29 is 14.3 Å². The molecule has 0 saturated heterocycles. The highest BCUT2D eigenvalue weighted by Crippen LogP contribution is 2.22. The number of carbonyl (C=O) groups is 2. The molecule has 0 bridgehead atoms. The van der Waals surface area contributed by atoms with E-state index in [9.17, 15) is 9.59 Å². The van der Waals surface area contributed by atoms with E-state index in [1.165, 1.54) is 6.33 Å². The number of anilines is 1. The van der Waals surface area contributed by atoms with Gasteiger partial charge in [-0.3, -0.25) is 9.59 Å². The summed E-state index contributed by atoms with van der Waals surface area (Å²) in [5.41, 5.74) is 3.60. The lowest BCUT2D eigenvalue weighted by Crippen LogP contribution is -2.40. The molecule has 4 aromatic rings. The van der Waals surface area contributed by atoms with E-state index in [1.807, 2.05) is 66.7 Å². The van der Waals surface area contributed by atoms with Gasteiger partial charge in [-0.2, -0.15) is 5.10 Å². The third kappa shape index (κ3) is 5.82. The summed E-state index contributed by atoms with van der Waals surface area (Å²) in [6, 6.07) is 24.6. The Morgan fingerprint density at radius 2 is 1.64 bits per heavy atom. The van der Waals surface area contributed by atoms with Crippen molar-refractivity contribution in [3.8, 4) is 22.6 Å². The molecule has 0 aliphatic rings. The predicted octanol–water partition coefficient (Wildman–Crippen LogP) is 3.46.